The molecular formula is C27H23FN4O6S3. The molecule has 41 heavy (non-hydrogen) atoms. The molecule has 0 saturated heterocycles. The Hall–Kier alpha value is -4.32. The van der Waals surface area contributed by atoms with E-state index in [-0.39, 0.29) is 28.4 Å². The number of hydrogen-bond donors (Lipinski definition) is 2. The van der Waals surface area contributed by atoms with Crippen molar-refractivity contribution in [1.82, 2.24) is 4.98 Å². The van der Waals surface area contributed by atoms with Gasteiger partial charge in [0.15, 0.2) is 9.84 Å². The Balaban J connectivity index is 1.61. The number of carbonyl (C=O) groups is 1. The zero-order valence-corrected chi connectivity index (χ0v) is 24.4. The van der Waals surface area contributed by atoms with Gasteiger partial charge in [-0.05, 0) is 55.0 Å². The van der Waals surface area contributed by atoms with Crippen molar-refractivity contribution in [1.29, 1.82) is 5.26 Å². The first-order valence-electron chi connectivity index (χ1n) is 11.7. The smallest absolute Gasteiger partial charge is 0.265 e. The van der Waals surface area contributed by atoms with Crippen LogP contribution in [0, 0.1) is 24.1 Å². The minimum Gasteiger partial charge on any atom is -0.487 e. The van der Waals surface area contributed by atoms with E-state index in [1.165, 1.54) is 35.7 Å². The Morgan fingerprint density at radius 3 is 2.49 bits per heavy atom. The highest BCUT2D eigenvalue weighted by Gasteiger charge is 2.19. The third kappa shape index (κ3) is 7.66. The number of benzene rings is 2. The maximum atomic E-state index is 14.1. The van der Waals surface area contributed by atoms with Crippen LogP contribution in [0.5, 0.6) is 5.75 Å². The van der Waals surface area contributed by atoms with Crippen molar-refractivity contribution >= 4 is 48.5 Å². The predicted molar refractivity (Wildman–Crippen MR) is 154 cm³/mol. The van der Waals surface area contributed by atoms with E-state index < -0.39 is 31.6 Å². The van der Waals surface area contributed by atoms with Gasteiger partial charge in [-0.25, -0.2) is 21.2 Å². The van der Waals surface area contributed by atoms with Gasteiger partial charge in [0.05, 0.1) is 27.3 Å². The molecule has 212 valence electrons. The van der Waals surface area contributed by atoms with Crippen LogP contribution in [0.4, 0.5) is 15.8 Å². The topological polar surface area (TPSA) is 155 Å². The van der Waals surface area contributed by atoms with Gasteiger partial charge in [0.25, 0.3) is 5.91 Å². The lowest BCUT2D eigenvalue weighted by molar-refractivity contribution is 0.103. The van der Waals surface area contributed by atoms with Crippen molar-refractivity contribution in [2.75, 3.05) is 22.6 Å². The van der Waals surface area contributed by atoms with Crippen LogP contribution in [0.2, 0.25) is 0 Å². The predicted octanol–water partition coefficient (Wildman–Crippen LogP) is 4.74. The number of thiophene rings is 1. The summed E-state index contributed by atoms with van der Waals surface area (Å²) in [7, 11) is -7.15. The number of sulfonamides is 1. The zero-order valence-electron chi connectivity index (χ0n) is 21.9. The summed E-state index contributed by atoms with van der Waals surface area (Å²) in [5.74, 6) is -0.996. The SMILES string of the molecule is Cc1sc(C(=O)Nc2cccc(NS(C)(=O)=O)c2)cc1-c1ncc(C#N)cc1OCc1cc(F)cc(S(C)(=O)=O)c1. The number of sulfone groups is 1. The van der Waals surface area contributed by atoms with Crippen LogP contribution in [0.15, 0.2) is 65.7 Å². The summed E-state index contributed by atoms with van der Waals surface area (Å²) in [6.07, 6.45) is 3.35. The van der Waals surface area contributed by atoms with Gasteiger partial charge in [-0.3, -0.25) is 14.5 Å². The molecule has 0 unspecified atom stereocenters. The van der Waals surface area contributed by atoms with Crippen LogP contribution in [0.25, 0.3) is 11.3 Å². The number of aromatic nitrogens is 1. The summed E-state index contributed by atoms with van der Waals surface area (Å²) in [6.45, 7) is 1.57. The molecule has 0 aliphatic carbocycles. The third-order valence-corrected chi connectivity index (χ3v) is 8.30. The highest BCUT2D eigenvalue weighted by molar-refractivity contribution is 7.92. The van der Waals surface area contributed by atoms with E-state index in [0.717, 1.165) is 29.5 Å². The number of halogens is 1. The second-order valence-electron chi connectivity index (χ2n) is 9.03. The summed E-state index contributed by atoms with van der Waals surface area (Å²) in [5, 5.41) is 12.1. The first-order valence-corrected chi connectivity index (χ1v) is 16.3. The van der Waals surface area contributed by atoms with Crippen molar-refractivity contribution < 1.29 is 30.8 Å². The fourth-order valence-electron chi connectivity index (χ4n) is 3.79. The molecule has 10 nitrogen and oxygen atoms in total. The van der Waals surface area contributed by atoms with Crippen LogP contribution >= 0.6 is 11.3 Å². The number of pyridine rings is 1. The van der Waals surface area contributed by atoms with E-state index in [2.05, 4.69) is 15.0 Å². The average Bonchev–Trinajstić information content (AvgIpc) is 3.27. The fourth-order valence-corrected chi connectivity index (χ4v) is 5.96. The number of carbonyl (C=O) groups excluding carboxylic acids is 1. The summed E-state index contributed by atoms with van der Waals surface area (Å²) in [6, 6.07) is 14.7. The van der Waals surface area contributed by atoms with Crippen LogP contribution in [0.3, 0.4) is 0 Å². The second kappa shape index (κ2) is 11.7. The van der Waals surface area contributed by atoms with Crippen LogP contribution in [-0.2, 0) is 26.5 Å². The van der Waals surface area contributed by atoms with Crippen LogP contribution in [0.1, 0.15) is 25.7 Å². The summed E-state index contributed by atoms with van der Waals surface area (Å²) in [4.78, 5) is 18.2. The lowest BCUT2D eigenvalue weighted by Gasteiger charge is -2.12. The molecule has 0 aliphatic rings. The minimum atomic E-state index is -3.65. The van der Waals surface area contributed by atoms with Gasteiger partial charge in [-0.15, -0.1) is 11.3 Å². The molecule has 4 aromatic rings. The molecule has 0 saturated carbocycles. The molecule has 0 atom stereocenters. The van der Waals surface area contributed by atoms with Crippen molar-refractivity contribution in [2.24, 2.45) is 0 Å². The number of ether oxygens (including phenoxy) is 1. The minimum absolute atomic E-state index is 0.182. The van der Waals surface area contributed by atoms with Crippen molar-refractivity contribution in [3.8, 4) is 23.1 Å². The van der Waals surface area contributed by atoms with E-state index in [4.69, 9.17) is 4.74 Å². The number of anilines is 2. The van der Waals surface area contributed by atoms with E-state index in [1.54, 1.807) is 31.2 Å². The highest BCUT2D eigenvalue weighted by Crippen LogP contribution is 2.36. The first-order chi connectivity index (χ1) is 19.2. The third-order valence-electron chi connectivity index (χ3n) is 5.56. The lowest BCUT2D eigenvalue weighted by Crippen LogP contribution is -2.12. The fraction of sp³-hybridized carbons (Fsp3) is 0.148. The standard InChI is InChI=1S/C27H23FN4O6S3/c1-16-23(12-25(39-16)27(33)31-20-5-4-6-21(11-20)32-41(3,36)37)26-24(9-18(13-29)14-30-26)38-15-17-7-19(28)10-22(8-17)40(2,34)35/h4-12,14,32H,15H2,1-3H3,(H,31,33). The Kier molecular flexibility index (Phi) is 8.43. The number of nitriles is 1. The Labute approximate surface area is 240 Å². The normalized spacial score (nSPS) is 11.5. The van der Waals surface area contributed by atoms with Gasteiger partial charge < -0.3 is 10.1 Å². The summed E-state index contributed by atoms with van der Waals surface area (Å²) in [5.41, 5.74) is 2.01. The van der Waals surface area contributed by atoms with Gasteiger partial charge in [-0.2, -0.15) is 5.26 Å². The summed E-state index contributed by atoms with van der Waals surface area (Å²) < 4.78 is 69.2. The molecule has 14 heteroatoms. The van der Waals surface area contributed by atoms with Crippen LogP contribution < -0.4 is 14.8 Å². The zero-order chi connectivity index (χ0) is 29.9. The van der Waals surface area contributed by atoms with E-state index in [0.29, 0.717) is 27.5 Å². The highest BCUT2D eigenvalue weighted by atomic mass is 32.2. The maximum absolute atomic E-state index is 14.1. The molecule has 0 aliphatic heterocycles. The number of rotatable bonds is 9. The first kappa shape index (κ1) is 29.7. The molecule has 2 N–H and O–H groups in total. The van der Waals surface area contributed by atoms with Gasteiger partial charge in [-0.1, -0.05) is 6.07 Å². The van der Waals surface area contributed by atoms with Crippen LogP contribution in [-0.4, -0.2) is 40.2 Å². The van der Waals surface area contributed by atoms with E-state index in [1.807, 2.05) is 6.07 Å². The molecule has 4 rings (SSSR count). The largest absolute Gasteiger partial charge is 0.487 e. The number of amides is 1. The van der Waals surface area contributed by atoms with Crippen molar-refractivity contribution in [3.63, 3.8) is 0 Å². The molecular weight excluding hydrogens is 592 g/mol. The number of aryl methyl sites for hydroxylation is 1. The molecule has 2 aromatic carbocycles. The number of nitrogens with zero attached hydrogens (tertiary/aromatic N) is 2. The maximum Gasteiger partial charge on any atom is 0.265 e. The van der Waals surface area contributed by atoms with Gasteiger partial charge >= 0.3 is 0 Å². The molecule has 1 amide bonds. The number of nitrogens with one attached hydrogen (secondary N) is 2. The van der Waals surface area contributed by atoms with Crippen molar-refractivity contribution in [2.45, 2.75) is 18.4 Å². The molecule has 0 fully saturated rings. The van der Waals surface area contributed by atoms with Gasteiger partial charge in [0.2, 0.25) is 10.0 Å². The van der Waals surface area contributed by atoms with Gasteiger partial charge in [0, 0.05) is 34.6 Å². The van der Waals surface area contributed by atoms with Crippen molar-refractivity contribution in [3.05, 3.63) is 87.5 Å². The number of hydrogen-bond acceptors (Lipinski definition) is 9. The molecule has 0 spiro atoms. The van der Waals surface area contributed by atoms with Gasteiger partial charge in [0.1, 0.15) is 29.9 Å². The van der Waals surface area contributed by atoms with E-state index >= 15 is 0 Å². The molecule has 0 radical (unpaired) electrons. The molecule has 2 heterocycles. The molecule has 0 bridgehead atoms. The van der Waals surface area contributed by atoms with E-state index in [9.17, 15) is 31.3 Å². The Bertz CT molecular complexity index is 1920. The second-order valence-corrected chi connectivity index (χ2v) is 14.0. The average molecular weight is 615 g/mol. The quantitative estimate of drug-likeness (QED) is 0.274. The monoisotopic (exact) mass is 614 g/mol. The Morgan fingerprint density at radius 2 is 1.80 bits per heavy atom. The summed E-state index contributed by atoms with van der Waals surface area (Å²) >= 11 is 1.19. The lowest BCUT2D eigenvalue weighted by atomic mass is 10.1. The molecule has 2 aromatic heterocycles. The Morgan fingerprint density at radius 1 is 1.07 bits per heavy atom.